The van der Waals surface area contributed by atoms with Crippen LogP contribution in [0.2, 0.25) is 0 Å². The molecule has 84 valence electrons. The Balaban J connectivity index is 2.66. The predicted molar refractivity (Wildman–Crippen MR) is 56.0 cm³/mol. The van der Waals surface area contributed by atoms with Crippen LogP contribution in [-0.4, -0.2) is 10.2 Å². The Kier molecular flexibility index (Phi) is 2.63. The van der Waals surface area contributed by atoms with Crippen LogP contribution < -0.4 is 5.73 Å². The topological polar surface area (TPSA) is 54.7 Å². The second kappa shape index (κ2) is 3.82. The third-order valence-electron chi connectivity index (χ3n) is 1.99. The van der Waals surface area contributed by atoms with Gasteiger partial charge in [0.15, 0.2) is 17.5 Å². The molecule has 2 rings (SSSR count). The van der Waals surface area contributed by atoms with Gasteiger partial charge in [0.05, 0.1) is 10.2 Å². The minimum atomic E-state index is -1.54. The molecule has 0 radical (unpaired) electrons. The zero-order valence-corrected chi connectivity index (χ0v) is 9.28. The van der Waals surface area contributed by atoms with E-state index in [9.17, 15) is 13.2 Å². The molecule has 2 aromatic rings. The molecule has 0 aliphatic carbocycles. The first-order valence-electron chi connectivity index (χ1n) is 4.15. The molecular formula is C9H5BrF3N3. The van der Waals surface area contributed by atoms with Gasteiger partial charge in [0, 0.05) is 11.6 Å². The van der Waals surface area contributed by atoms with E-state index in [-0.39, 0.29) is 21.5 Å². The molecule has 0 atom stereocenters. The van der Waals surface area contributed by atoms with Crippen molar-refractivity contribution in [3.05, 3.63) is 34.1 Å². The fourth-order valence-corrected chi connectivity index (χ4v) is 1.65. The highest BCUT2D eigenvalue weighted by Gasteiger charge is 2.19. The number of nitrogen functional groups attached to an aromatic ring is 1. The highest BCUT2D eigenvalue weighted by atomic mass is 79.9. The van der Waals surface area contributed by atoms with Gasteiger partial charge < -0.3 is 5.73 Å². The molecule has 0 unspecified atom stereocenters. The smallest absolute Gasteiger partial charge is 0.196 e. The number of hydrogen-bond donors (Lipinski definition) is 2. The van der Waals surface area contributed by atoms with Crippen molar-refractivity contribution in [2.75, 3.05) is 5.73 Å². The lowest BCUT2D eigenvalue weighted by atomic mass is 10.1. The lowest BCUT2D eigenvalue weighted by Crippen LogP contribution is -1.96. The number of benzene rings is 1. The number of nitrogens with zero attached hydrogens (tertiary/aromatic N) is 1. The second-order valence-electron chi connectivity index (χ2n) is 3.05. The molecule has 0 fully saturated rings. The molecule has 1 aromatic heterocycles. The fourth-order valence-electron chi connectivity index (χ4n) is 1.24. The van der Waals surface area contributed by atoms with Crippen LogP contribution in [0.15, 0.2) is 16.6 Å². The van der Waals surface area contributed by atoms with Gasteiger partial charge in [-0.15, -0.1) is 0 Å². The summed E-state index contributed by atoms with van der Waals surface area (Å²) >= 11 is 2.79. The molecular weight excluding hydrogens is 287 g/mol. The fraction of sp³-hybridized carbons (Fsp3) is 0. The predicted octanol–water partition coefficient (Wildman–Crippen LogP) is 2.84. The van der Waals surface area contributed by atoms with E-state index >= 15 is 0 Å². The molecule has 16 heavy (non-hydrogen) atoms. The molecule has 1 aromatic carbocycles. The number of rotatable bonds is 1. The van der Waals surface area contributed by atoms with Crippen molar-refractivity contribution in [1.29, 1.82) is 0 Å². The van der Waals surface area contributed by atoms with E-state index in [0.29, 0.717) is 0 Å². The third-order valence-corrected chi connectivity index (χ3v) is 2.57. The summed E-state index contributed by atoms with van der Waals surface area (Å²) in [4.78, 5) is 0. The molecule has 3 nitrogen and oxygen atoms in total. The average molecular weight is 292 g/mol. The van der Waals surface area contributed by atoms with Gasteiger partial charge in [-0.2, -0.15) is 5.10 Å². The SMILES string of the molecule is Nc1cc(-c2cc(Br)c(F)c(F)c2F)[nH]n1. The number of H-pyrrole nitrogens is 1. The van der Waals surface area contributed by atoms with E-state index in [1.165, 1.54) is 6.07 Å². The lowest BCUT2D eigenvalue weighted by Gasteiger charge is -2.04. The van der Waals surface area contributed by atoms with Gasteiger partial charge in [-0.25, -0.2) is 13.2 Å². The Labute approximate surface area is 96.6 Å². The van der Waals surface area contributed by atoms with Crippen LogP contribution in [0.25, 0.3) is 11.3 Å². The average Bonchev–Trinajstić information content (AvgIpc) is 2.67. The summed E-state index contributed by atoms with van der Waals surface area (Å²) in [7, 11) is 0. The normalized spacial score (nSPS) is 10.8. The van der Waals surface area contributed by atoms with E-state index in [4.69, 9.17) is 5.73 Å². The summed E-state index contributed by atoms with van der Waals surface area (Å²) in [5.41, 5.74) is 5.36. The van der Waals surface area contributed by atoms with E-state index in [2.05, 4.69) is 26.1 Å². The van der Waals surface area contributed by atoms with Gasteiger partial charge in [-0.3, -0.25) is 5.10 Å². The molecule has 7 heteroatoms. The number of nitrogens with two attached hydrogens (primary N) is 1. The highest BCUT2D eigenvalue weighted by Crippen LogP contribution is 2.30. The Hall–Kier alpha value is -1.50. The van der Waals surface area contributed by atoms with Crippen molar-refractivity contribution in [3.8, 4) is 11.3 Å². The van der Waals surface area contributed by atoms with Crippen molar-refractivity contribution < 1.29 is 13.2 Å². The van der Waals surface area contributed by atoms with Crippen LogP contribution in [-0.2, 0) is 0 Å². The largest absolute Gasteiger partial charge is 0.382 e. The van der Waals surface area contributed by atoms with E-state index < -0.39 is 17.5 Å². The first-order chi connectivity index (χ1) is 7.50. The Morgan fingerprint density at radius 1 is 1.12 bits per heavy atom. The number of aromatic nitrogens is 2. The maximum atomic E-state index is 13.4. The molecule has 0 aliphatic heterocycles. The van der Waals surface area contributed by atoms with Gasteiger partial charge in [0.2, 0.25) is 0 Å². The molecule has 0 saturated carbocycles. The van der Waals surface area contributed by atoms with Crippen LogP contribution in [0.4, 0.5) is 19.0 Å². The number of halogens is 4. The Morgan fingerprint density at radius 3 is 2.38 bits per heavy atom. The van der Waals surface area contributed by atoms with Gasteiger partial charge in [-0.1, -0.05) is 0 Å². The van der Waals surface area contributed by atoms with Crippen molar-refractivity contribution in [2.45, 2.75) is 0 Å². The summed E-state index contributed by atoms with van der Waals surface area (Å²) < 4.78 is 39.3. The quantitative estimate of drug-likeness (QED) is 0.627. The number of hydrogen-bond acceptors (Lipinski definition) is 2. The number of aromatic amines is 1. The van der Waals surface area contributed by atoms with Gasteiger partial charge in [0.25, 0.3) is 0 Å². The summed E-state index contributed by atoms with van der Waals surface area (Å²) in [5, 5.41) is 5.98. The van der Waals surface area contributed by atoms with Crippen molar-refractivity contribution in [3.63, 3.8) is 0 Å². The third kappa shape index (κ3) is 1.67. The molecule has 0 aliphatic rings. The maximum absolute atomic E-state index is 13.4. The van der Waals surface area contributed by atoms with E-state index in [1.54, 1.807) is 0 Å². The van der Waals surface area contributed by atoms with Crippen molar-refractivity contribution in [1.82, 2.24) is 10.2 Å². The monoisotopic (exact) mass is 291 g/mol. The zero-order chi connectivity index (χ0) is 11.9. The van der Waals surface area contributed by atoms with Crippen LogP contribution in [0.1, 0.15) is 0 Å². The second-order valence-corrected chi connectivity index (χ2v) is 3.91. The molecule has 0 amide bonds. The standard InChI is InChI=1S/C9H5BrF3N3/c10-4-1-3(5-2-6(14)16-15-5)7(11)9(13)8(4)12/h1-2H,(H3,14,15,16). The van der Waals surface area contributed by atoms with Crippen LogP contribution in [0.3, 0.4) is 0 Å². The minimum Gasteiger partial charge on any atom is -0.382 e. The number of nitrogens with one attached hydrogen (secondary N) is 1. The zero-order valence-electron chi connectivity index (χ0n) is 7.69. The van der Waals surface area contributed by atoms with Crippen LogP contribution >= 0.6 is 15.9 Å². The highest BCUT2D eigenvalue weighted by molar-refractivity contribution is 9.10. The first kappa shape index (κ1) is 11.0. The summed E-state index contributed by atoms with van der Waals surface area (Å²) in [6, 6.07) is 2.43. The summed E-state index contributed by atoms with van der Waals surface area (Å²) in [6.45, 7) is 0. The van der Waals surface area contributed by atoms with Crippen molar-refractivity contribution >= 4 is 21.7 Å². The maximum Gasteiger partial charge on any atom is 0.196 e. The summed E-state index contributed by atoms with van der Waals surface area (Å²) in [5.74, 6) is -3.97. The summed E-state index contributed by atoms with van der Waals surface area (Å²) in [6.07, 6.45) is 0. The Bertz CT molecular complexity index is 553. The molecule has 0 bridgehead atoms. The lowest BCUT2D eigenvalue weighted by molar-refractivity contribution is 0.446. The molecule has 0 saturated heterocycles. The van der Waals surface area contributed by atoms with E-state index in [1.807, 2.05) is 0 Å². The Morgan fingerprint density at radius 2 is 1.81 bits per heavy atom. The minimum absolute atomic E-state index is 0.134. The van der Waals surface area contributed by atoms with Crippen LogP contribution in [0.5, 0.6) is 0 Å². The molecule has 3 N–H and O–H groups in total. The van der Waals surface area contributed by atoms with Crippen molar-refractivity contribution in [2.24, 2.45) is 0 Å². The van der Waals surface area contributed by atoms with Gasteiger partial charge in [0.1, 0.15) is 5.82 Å². The molecule has 1 heterocycles. The van der Waals surface area contributed by atoms with Crippen LogP contribution in [0, 0.1) is 17.5 Å². The first-order valence-corrected chi connectivity index (χ1v) is 4.94. The van der Waals surface area contributed by atoms with Gasteiger partial charge in [-0.05, 0) is 22.0 Å². The molecule has 0 spiro atoms. The number of anilines is 1. The van der Waals surface area contributed by atoms with E-state index in [0.717, 1.165) is 6.07 Å². The van der Waals surface area contributed by atoms with Gasteiger partial charge >= 0.3 is 0 Å².